The van der Waals surface area contributed by atoms with Gasteiger partial charge in [0.15, 0.2) is 17.6 Å². The molecule has 0 radical (unpaired) electrons. The highest BCUT2D eigenvalue weighted by Gasteiger charge is 2.38. The number of aliphatic hydroxyl groups is 1. The quantitative estimate of drug-likeness (QED) is 0.809. The molecule has 1 aromatic carbocycles. The van der Waals surface area contributed by atoms with Crippen LogP contribution < -0.4 is 14.4 Å². The molecular weight excluding hydrogens is 286 g/mol. The van der Waals surface area contributed by atoms with Gasteiger partial charge in [0.05, 0.1) is 18.9 Å². The van der Waals surface area contributed by atoms with Crippen molar-refractivity contribution in [2.24, 2.45) is 5.92 Å². The van der Waals surface area contributed by atoms with Crippen molar-refractivity contribution < 1.29 is 24.2 Å². The maximum atomic E-state index is 12.5. The van der Waals surface area contributed by atoms with Gasteiger partial charge in [-0.05, 0) is 25.0 Å². The minimum atomic E-state index is -0.639. The fourth-order valence-electron chi connectivity index (χ4n) is 2.46. The number of hydrogen-bond donors (Lipinski definition) is 1. The molecule has 120 valence electrons. The minimum Gasteiger partial charge on any atom is -0.490 e. The molecule has 22 heavy (non-hydrogen) atoms. The molecule has 0 saturated carbocycles. The average Bonchev–Trinajstić information content (AvgIpc) is 2.49. The molecule has 1 aliphatic rings. The number of benzene rings is 1. The number of fused-ring (bicyclic) bond motifs is 1. The second kappa shape index (κ2) is 6.79. The van der Waals surface area contributed by atoms with Crippen LogP contribution in [0.25, 0.3) is 0 Å². The monoisotopic (exact) mass is 307 g/mol. The third-order valence-corrected chi connectivity index (χ3v) is 3.47. The highest BCUT2D eigenvalue weighted by Crippen LogP contribution is 2.43. The van der Waals surface area contributed by atoms with Gasteiger partial charge in [-0.25, -0.2) is 0 Å². The van der Waals surface area contributed by atoms with E-state index in [0.717, 1.165) is 0 Å². The SMILES string of the molecule is CCOc1cc(C=O)cc2c1OC(C(C)C)C(=O)N2CCO. The Morgan fingerprint density at radius 1 is 1.45 bits per heavy atom. The van der Waals surface area contributed by atoms with E-state index in [-0.39, 0.29) is 25.0 Å². The zero-order valence-electron chi connectivity index (χ0n) is 13.0. The predicted molar refractivity (Wildman–Crippen MR) is 81.7 cm³/mol. The molecule has 0 aromatic heterocycles. The molecule has 0 fully saturated rings. The molecule has 6 nitrogen and oxygen atoms in total. The van der Waals surface area contributed by atoms with Gasteiger partial charge in [0.25, 0.3) is 5.91 Å². The van der Waals surface area contributed by atoms with E-state index in [1.165, 1.54) is 4.90 Å². The van der Waals surface area contributed by atoms with Crippen molar-refractivity contribution in [3.63, 3.8) is 0 Å². The molecule has 0 saturated heterocycles. The van der Waals surface area contributed by atoms with Crippen LogP contribution in [0.2, 0.25) is 0 Å². The van der Waals surface area contributed by atoms with E-state index in [1.54, 1.807) is 12.1 Å². The number of carbonyl (C=O) groups is 2. The summed E-state index contributed by atoms with van der Waals surface area (Å²) < 4.78 is 11.4. The first-order valence-corrected chi connectivity index (χ1v) is 7.38. The Morgan fingerprint density at radius 3 is 2.73 bits per heavy atom. The topological polar surface area (TPSA) is 76.1 Å². The van der Waals surface area contributed by atoms with Gasteiger partial charge in [-0.1, -0.05) is 13.8 Å². The normalized spacial score (nSPS) is 17.2. The van der Waals surface area contributed by atoms with Crippen LogP contribution in [0.15, 0.2) is 12.1 Å². The number of aldehydes is 1. The number of rotatable bonds is 6. The first kappa shape index (κ1) is 16.3. The summed E-state index contributed by atoms with van der Waals surface area (Å²) in [7, 11) is 0. The maximum Gasteiger partial charge on any atom is 0.268 e. The van der Waals surface area contributed by atoms with Crippen molar-refractivity contribution in [1.29, 1.82) is 0 Å². The lowest BCUT2D eigenvalue weighted by Crippen LogP contribution is -2.49. The van der Waals surface area contributed by atoms with E-state index in [4.69, 9.17) is 9.47 Å². The van der Waals surface area contributed by atoms with Gasteiger partial charge in [0.1, 0.15) is 6.29 Å². The Balaban J connectivity index is 2.58. The Kier molecular flexibility index (Phi) is 5.03. The number of ether oxygens (including phenoxy) is 2. The molecule has 2 rings (SSSR count). The van der Waals surface area contributed by atoms with Crippen LogP contribution in [0.3, 0.4) is 0 Å². The Labute approximate surface area is 129 Å². The lowest BCUT2D eigenvalue weighted by molar-refractivity contribution is -0.128. The minimum absolute atomic E-state index is 0.0259. The van der Waals surface area contributed by atoms with E-state index in [0.29, 0.717) is 35.6 Å². The van der Waals surface area contributed by atoms with Gasteiger partial charge in [-0.15, -0.1) is 0 Å². The van der Waals surface area contributed by atoms with Crippen molar-refractivity contribution in [3.05, 3.63) is 17.7 Å². The number of β-amino-alcohol motifs (C(OH)–C–C–N with tert-alkyl or cyclic N) is 1. The number of amides is 1. The number of carbonyl (C=O) groups excluding carboxylic acids is 2. The van der Waals surface area contributed by atoms with Crippen LogP contribution in [0.1, 0.15) is 31.1 Å². The molecule has 1 N–H and O–H groups in total. The third kappa shape index (κ3) is 2.92. The van der Waals surface area contributed by atoms with Gasteiger partial charge < -0.3 is 19.5 Å². The van der Waals surface area contributed by atoms with Gasteiger partial charge in [0, 0.05) is 12.1 Å². The van der Waals surface area contributed by atoms with Crippen LogP contribution in [0.4, 0.5) is 5.69 Å². The van der Waals surface area contributed by atoms with Gasteiger partial charge in [0.2, 0.25) is 0 Å². The first-order valence-electron chi connectivity index (χ1n) is 7.38. The zero-order valence-corrected chi connectivity index (χ0v) is 13.0. The molecule has 0 spiro atoms. The van der Waals surface area contributed by atoms with E-state index < -0.39 is 6.10 Å². The van der Waals surface area contributed by atoms with Crippen LogP contribution in [-0.2, 0) is 4.79 Å². The van der Waals surface area contributed by atoms with Crippen molar-refractivity contribution in [2.45, 2.75) is 26.9 Å². The Bertz CT molecular complexity index is 570. The van der Waals surface area contributed by atoms with Crippen molar-refractivity contribution in [2.75, 3.05) is 24.7 Å². The summed E-state index contributed by atoms with van der Waals surface area (Å²) in [5.74, 6) is 0.631. The second-order valence-corrected chi connectivity index (χ2v) is 5.41. The van der Waals surface area contributed by atoms with E-state index >= 15 is 0 Å². The number of aliphatic hydroxyl groups excluding tert-OH is 1. The first-order chi connectivity index (χ1) is 10.5. The van der Waals surface area contributed by atoms with Gasteiger partial charge >= 0.3 is 0 Å². The average molecular weight is 307 g/mol. The molecule has 0 aliphatic carbocycles. The molecule has 6 heteroatoms. The van der Waals surface area contributed by atoms with E-state index in [1.807, 2.05) is 20.8 Å². The number of hydrogen-bond acceptors (Lipinski definition) is 5. The van der Waals surface area contributed by atoms with Gasteiger partial charge in [-0.2, -0.15) is 0 Å². The van der Waals surface area contributed by atoms with Crippen molar-refractivity contribution in [1.82, 2.24) is 0 Å². The summed E-state index contributed by atoms with van der Waals surface area (Å²) in [5, 5.41) is 9.25. The van der Waals surface area contributed by atoms with Crippen LogP contribution >= 0.6 is 0 Å². The predicted octanol–water partition coefficient (Wildman–Crippen LogP) is 1.64. The van der Waals surface area contributed by atoms with Crippen LogP contribution in [-0.4, -0.2) is 43.2 Å². The Hall–Kier alpha value is -2.08. The molecule has 1 aromatic rings. The lowest BCUT2D eigenvalue weighted by Gasteiger charge is -2.36. The van der Waals surface area contributed by atoms with Crippen molar-refractivity contribution >= 4 is 17.9 Å². The summed E-state index contributed by atoms with van der Waals surface area (Å²) in [6.07, 6.45) is 0.0548. The van der Waals surface area contributed by atoms with Crippen molar-refractivity contribution in [3.8, 4) is 11.5 Å². The third-order valence-electron chi connectivity index (χ3n) is 3.47. The highest BCUT2D eigenvalue weighted by molar-refractivity contribution is 6.01. The fraction of sp³-hybridized carbons (Fsp3) is 0.500. The molecular formula is C16H21NO5. The largest absolute Gasteiger partial charge is 0.490 e. The maximum absolute atomic E-state index is 12.5. The molecule has 1 amide bonds. The standard InChI is InChI=1S/C16H21NO5/c1-4-21-13-8-11(9-19)7-12-15(13)22-14(10(2)3)16(20)17(12)5-6-18/h7-10,14,18H,4-6H2,1-3H3. The summed E-state index contributed by atoms with van der Waals surface area (Å²) in [5.41, 5.74) is 0.855. The number of anilines is 1. The molecule has 0 bridgehead atoms. The molecule has 1 heterocycles. The lowest BCUT2D eigenvalue weighted by atomic mass is 10.0. The summed E-state index contributed by atoms with van der Waals surface area (Å²) in [6, 6.07) is 3.18. The smallest absolute Gasteiger partial charge is 0.268 e. The highest BCUT2D eigenvalue weighted by atomic mass is 16.5. The van der Waals surface area contributed by atoms with Crippen LogP contribution in [0, 0.1) is 5.92 Å². The summed E-state index contributed by atoms with van der Waals surface area (Å²) in [6.45, 7) is 6.00. The fourth-order valence-corrected chi connectivity index (χ4v) is 2.46. The van der Waals surface area contributed by atoms with E-state index in [2.05, 4.69) is 0 Å². The molecule has 1 aliphatic heterocycles. The summed E-state index contributed by atoms with van der Waals surface area (Å²) in [4.78, 5) is 25.1. The van der Waals surface area contributed by atoms with E-state index in [9.17, 15) is 14.7 Å². The van der Waals surface area contributed by atoms with Crippen LogP contribution in [0.5, 0.6) is 11.5 Å². The summed E-state index contributed by atoms with van der Waals surface area (Å²) >= 11 is 0. The Morgan fingerprint density at radius 2 is 2.18 bits per heavy atom. The second-order valence-electron chi connectivity index (χ2n) is 5.41. The molecule has 1 unspecified atom stereocenters. The zero-order chi connectivity index (χ0) is 16.3. The molecule has 1 atom stereocenters. The van der Waals surface area contributed by atoms with Gasteiger partial charge in [-0.3, -0.25) is 9.59 Å². The number of nitrogens with zero attached hydrogens (tertiary/aromatic N) is 1.